The van der Waals surface area contributed by atoms with Crippen molar-refractivity contribution in [2.75, 3.05) is 11.9 Å². The van der Waals surface area contributed by atoms with Gasteiger partial charge in [-0.2, -0.15) is 0 Å². The van der Waals surface area contributed by atoms with Crippen LogP contribution in [-0.4, -0.2) is 39.9 Å². The fourth-order valence-electron chi connectivity index (χ4n) is 3.41. The number of carbonyl (C=O) groups excluding carboxylic acids is 2. The smallest absolute Gasteiger partial charge is 0.307 e. The maximum absolute atomic E-state index is 12.9. The topological polar surface area (TPSA) is 86.7 Å². The molecule has 1 fully saturated rings. The number of carbonyl (C=O) groups is 3. The van der Waals surface area contributed by atoms with Gasteiger partial charge in [0.2, 0.25) is 5.91 Å². The second-order valence-electron chi connectivity index (χ2n) is 6.92. The Morgan fingerprint density at radius 1 is 1.07 bits per heavy atom. The number of hydrogen-bond donors (Lipinski definition) is 2. The molecule has 140 valence electrons. The van der Waals surface area contributed by atoms with Crippen molar-refractivity contribution >= 4 is 23.5 Å². The lowest BCUT2D eigenvalue weighted by atomic mass is 9.96. The summed E-state index contributed by atoms with van der Waals surface area (Å²) < 4.78 is 0. The summed E-state index contributed by atoms with van der Waals surface area (Å²) in [5, 5.41) is 11.7. The van der Waals surface area contributed by atoms with Gasteiger partial charge in [-0.15, -0.1) is 0 Å². The van der Waals surface area contributed by atoms with E-state index in [4.69, 9.17) is 5.11 Å². The van der Waals surface area contributed by atoms with Crippen molar-refractivity contribution in [2.24, 2.45) is 0 Å². The summed E-state index contributed by atoms with van der Waals surface area (Å²) in [6.45, 7) is 2.32. The minimum absolute atomic E-state index is 0.0642. The zero-order valence-electron chi connectivity index (χ0n) is 15.1. The molecule has 0 radical (unpaired) electrons. The Hall–Kier alpha value is -3.15. The van der Waals surface area contributed by atoms with Crippen LogP contribution in [-0.2, 0) is 16.0 Å². The fraction of sp³-hybridized carbons (Fsp3) is 0.286. The van der Waals surface area contributed by atoms with Crippen molar-refractivity contribution < 1.29 is 19.5 Å². The number of carboxylic acid groups (broad SMARTS) is 1. The van der Waals surface area contributed by atoms with E-state index >= 15 is 0 Å². The summed E-state index contributed by atoms with van der Waals surface area (Å²) in [6, 6.07) is 15.7. The maximum atomic E-state index is 12.9. The number of anilines is 1. The summed E-state index contributed by atoms with van der Waals surface area (Å²) in [7, 11) is 0. The molecule has 6 nitrogen and oxygen atoms in total. The number of likely N-dealkylation sites (tertiary alicyclic amines) is 1. The molecular formula is C21H22N2O4. The molecule has 27 heavy (non-hydrogen) atoms. The first-order valence-electron chi connectivity index (χ1n) is 8.89. The molecular weight excluding hydrogens is 344 g/mol. The molecule has 1 atom stereocenters. The Balaban J connectivity index is 1.74. The normalized spacial score (nSPS) is 18.9. The average Bonchev–Trinajstić information content (AvgIpc) is 3.06. The first-order chi connectivity index (χ1) is 12.9. The number of nitrogens with zero attached hydrogens (tertiary/aromatic N) is 1. The third-order valence-corrected chi connectivity index (χ3v) is 4.96. The first-order valence-corrected chi connectivity index (χ1v) is 8.89. The summed E-state index contributed by atoms with van der Waals surface area (Å²) >= 11 is 0. The lowest BCUT2D eigenvalue weighted by Crippen LogP contribution is -2.53. The monoisotopic (exact) mass is 366 g/mol. The maximum Gasteiger partial charge on any atom is 0.307 e. The predicted octanol–water partition coefficient (Wildman–Crippen LogP) is 2.95. The van der Waals surface area contributed by atoms with Gasteiger partial charge in [-0.05, 0) is 49.6 Å². The van der Waals surface area contributed by atoms with Crippen LogP contribution in [0.4, 0.5) is 5.69 Å². The van der Waals surface area contributed by atoms with E-state index < -0.39 is 11.5 Å². The number of benzene rings is 2. The molecule has 2 amide bonds. The molecule has 0 bridgehead atoms. The van der Waals surface area contributed by atoms with Crippen LogP contribution in [0.5, 0.6) is 0 Å². The Morgan fingerprint density at radius 3 is 2.37 bits per heavy atom. The number of amides is 2. The molecule has 2 aromatic rings. The van der Waals surface area contributed by atoms with Crippen LogP contribution in [0, 0.1) is 0 Å². The van der Waals surface area contributed by atoms with Gasteiger partial charge >= 0.3 is 5.97 Å². The second-order valence-corrected chi connectivity index (χ2v) is 6.92. The molecule has 1 unspecified atom stereocenters. The van der Waals surface area contributed by atoms with Crippen LogP contribution in [0.15, 0.2) is 54.6 Å². The van der Waals surface area contributed by atoms with Gasteiger partial charge in [-0.25, -0.2) is 0 Å². The van der Waals surface area contributed by atoms with E-state index in [1.54, 1.807) is 60.4 Å². The molecule has 1 aliphatic rings. The van der Waals surface area contributed by atoms with E-state index in [9.17, 15) is 14.4 Å². The van der Waals surface area contributed by atoms with Gasteiger partial charge in [0.1, 0.15) is 5.54 Å². The van der Waals surface area contributed by atoms with Crippen LogP contribution in [0.2, 0.25) is 0 Å². The molecule has 0 saturated carbocycles. The van der Waals surface area contributed by atoms with Gasteiger partial charge in [0.05, 0.1) is 6.42 Å². The molecule has 1 saturated heterocycles. The lowest BCUT2D eigenvalue weighted by Gasteiger charge is -2.34. The van der Waals surface area contributed by atoms with Crippen molar-refractivity contribution in [3.63, 3.8) is 0 Å². The summed E-state index contributed by atoms with van der Waals surface area (Å²) in [6.07, 6.45) is 1.29. The third-order valence-electron chi connectivity index (χ3n) is 4.96. The Labute approximate surface area is 157 Å². The minimum atomic E-state index is -0.924. The van der Waals surface area contributed by atoms with Crippen molar-refractivity contribution in [1.82, 2.24) is 4.90 Å². The second kappa shape index (κ2) is 7.61. The van der Waals surface area contributed by atoms with Gasteiger partial charge in [0.15, 0.2) is 0 Å². The Bertz CT molecular complexity index is 848. The zero-order valence-corrected chi connectivity index (χ0v) is 15.1. The van der Waals surface area contributed by atoms with Gasteiger partial charge in [0.25, 0.3) is 5.91 Å². The number of nitrogens with one attached hydrogen (secondary N) is 1. The van der Waals surface area contributed by atoms with Crippen LogP contribution in [0.3, 0.4) is 0 Å². The van der Waals surface area contributed by atoms with E-state index in [-0.39, 0.29) is 18.2 Å². The van der Waals surface area contributed by atoms with E-state index in [1.165, 1.54) is 0 Å². The number of hydrogen-bond acceptors (Lipinski definition) is 3. The van der Waals surface area contributed by atoms with Crippen molar-refractivity contribution in [1.29, 1.82) is 0 Å². The predicted molar refractivity (Wildman–Crippen MR) is 102 cm³/mol. The highest BCUT2D eigenvalue weighted by atomic mass is 16.4. The molecule has 0 aliphatic carbocycles. The highest BCUT2D eigenvalue weighted by Crippen LogP contribution is 2.32. The molecule has 1 aliphatic heterocycles. The van der Waals surface area contributed by atoms with Gasteiger partial charge in [-0.1, -0.05) is 30.3 Å². The number of rotatable bonds is 5. The van der Waals surface area contributed by atoms with E-state index in [0.29, 0.717) is 29.8 Å². The molecule has 6 heteroatoms. The highest BCUT2D eigenvalue weighted by molar-refractivity contribution is 6.03. The first kappa shape index (κ1) is 18.6. The van der Waals surface area contributed by atoms with Gasteiger partial charge < -0.3 is 15.3 Å². The molecule has 0 aromatic heterocycles. The Morgan fingerprint density at radius 2 is 1.74 bits per heavy atom. The summed E-state index contributed by atoms with van der Waals surface area (Å²) in [5.41, 5.74) is 0.881. The molecule has 1 heterocycles. The molecule has 2 N–H and O–H groups in total. The van der Waals surface area contributed by atoms with Crippen LogP contribution < -0.4 is 5.32 Å². The van der Waals surface area contributed by atoms with E-state index in [2.05, 4.69) is 5.32 Å². The minimum Gasteiger partial charge on any atom is -0.481 e. The van der Waals surface area contributed by atoms with Crippen LogP contribution in [0.25, 0.3) is 0 Å². The van der Waals surface area contributed by atoms with Crippen molar-refractivity contribution in [3.8, 4) is 0 Å². The van der Waals surface area contributed by atoms with Crippen LogP contribution >= 0.6 is 0 Å². The van der Waals surface area contributed by atoms with Gasteiger partial charge in [-0.3, -0.25) is 14.4 Å². The van der Waals surface area contributed by atoms with Crippen molar-refractivity contribution in [2.45, 2.75) is 31.7 Å². The summed E-state index contributed by atoms with van der Waals surface area (Å²) in [4.78, 5) is 38.2. The highest BCUT2D eigenvalue weighted by Gasteiger charge is 2.45. The quantitative estimate of drug-likeness (QED) is 0.852. The van der Waals surface area contributed by atoms with Crippen molar-refractivity contribution in [3.05, 3.63) is 65.7 Å². The van der Waals surface area contributed by atoms with Crippen LogP contribution in [0.1, 0.15) is 35.7 Å². The lowest BCUT2D eigenvalue weighted by molar-refractivity contribution is -0.136. The number of carboxylic acids is 1. The van der Waals surface area contributed by atoms with E-state index in [1.807, 2.05) is 6.07 Å². The standard InChI is InChI=1S/C21H22N2O4/c1-21(12-5-13-23(21)19(26)16-6-3-2-4-7-16)20(27)22-17-10-8-15(9-11-17)14-18(24)25/h2-4,6-11H,5,12-14H2,1H3,(H,22,27)(H,24,25). The van der Waals surface area contributed by atoms with Gasteiger partial charge in [0, 0.05) is 17.8 Å². The Kier molecular flexibility index (Phi) is 5.26. The van der Waals surface area contributed by atoms with E-state index in [0.717, 1.165) is 6.42 Å². The molecule has 3 rings (SSSR count). The fourth-order valence-corrected chi connectivity index (χ4v) is 3.41. The SMILES string of the molecule is CC1(C(=O)Nc2ccc(CC(=O)O)cc2)CCCN1C(=O)c1ccccc1. The largest absolute Gasteiger partial charge is 0.481 e. The average molecular weight is 366 g/mol. The summed E-state index contributed by atoms with van der Waals surface area (Å²) in [5.74, 6) is -1.29. The number of aliphatic carboxylic acids is 1. The zero-order chi connectivity index (χ0) is 19.4. The molecule has 0 spiro atoms. The molecule has 2 aromatic carbocycles. The third kappa shape index (κ3) is 4.00.